The van der Waals surface area contributed by atoms with Gasteiger partial charge in [0, 0.05) is 19.2 Å². The number of nitrogens with zero attached hydrogens (tertiary/aromatic N) is 2. The van der Waals surface area contributed by atoms with Gasteiger partial charge in [-0.25, -0.2) is 17.2 Å². The second-order valence-corrected chi connectivity index (χ2v) is 10.1. The summed E-state index contributed by atoms with van der Waals surface area (Å²) < 4.78 is 53.8. The van der Waals surface area contributed by atoms with Crippen LogP contribution in [0, 0.1) is 11.6 Å². The van der Waals surface area contributed by atoms with Crippen LogP contribution in [-0.2, 0) is 16.4 Å². The first-order valence-electron chi connectivity index (χ1n) is 10.6. The second-order valence-electron chi connectivity index (χ2n) is 8.20. The molecule has 0 unspecified atom stereocenters. The second kappa shape index (κ2) is 9.00. The molecule has 1 fully saturated rings. The van der Waals surface area contributed by atoms with Gasteiger partial charge in [-0.3, -0.25) is 9.21 Å². The summed E-state index contributed by atoms with van der Waals surface area (Å²) in [5, 5.41) is 0. The predicted molar refractivity (Wildman–Crippen MR) is 123 cm³/mol. The smallest absolute Gasteiger partial charge is 0.232 e. The molecule has 1 aliphatic heterocycles. The van der Waals surface area contributed by atoms with E-state index in [9.17, 15) is 17.2 Å². The van der Waals surface area contributed by atoms with Crippen LogP contribution in [-0.4, -0.2) is 38.7 Å². The summed E-state index contributed by atoms with van der Waals surface area (Å²) in [7, 11) is -3.73. The van der Waals surface area contributed by atoms with Gasteiger partial charge in [0.25, 0.3) is 0 Å². The van der Waals surface area contributed by atoms with Crippen molar-refractivity contribution in [3.8, 4) is 0 Å². The maximum Gasteiger partial charge on any atom is 0.232 e. The zero-order valence-corrected chi connectivity index (χ0v) is 18.9. The molecular formula is C25H26F2N2O2S. The number of benzene rings is 3. The molecule has 0 aromatic heterocycles. The SMILES string of the molecule is CCc1ccc([C@@H](c2ccccc2)N2CC(N(c3cc(F)cc(F)c3)S(C)(=O)=O)C2)cc1. The molecule has 7 heteroatoms. The lowest BCUT2D eigenvalue weighted by atomic mass is 9.92. The summed E-state index contributed by atoms with van der Waals surface area (Å²) in [5.41, 5.74) is 3.49. The Kier molecular flexibility index (Phi) is 6.31. The van der Waals surface area contributed by atoms with Crippen molar-refractivity contribution in [1.29, 1.82) is 0 Å². The molecule has 3 aromatic rings. The summed E-state index contributed by atoms with van der Waals surface area (Å²) >= 11 is 0. The summed E-state index contributed by atoms with van der Waals surface area (Å²) in [5.74, 6) is -1.61. The zero-order valence-electron chi connectivity index (χ0n) is 18.1. The average molecular weight is 457 g/mol. The van der Waals surface area contributed by atoms with Gasteiger partial charge < -0.3 is 0 Å². The van der Waals surface area contributed by atoms with Crippen molar-refractivity contribution in [2.75, 3.05) is 23.7 Å². The van der Waals surface area contributed by atoms with E-state index in [1.165, 1.54) is 5.56 Å². The molecular weight excluding hydrogens is 430 g/mol. The van der Waals surface area contributed by atoms with Gasteiger partial charge in [0.15, 0.2) is 0 Å². The first-order chi connectivity index (χ1) is 15.3. The molecule has 0 radical (unpaired) electrons. The maximum absolute atomic E-state index is 13.8. The molecule has 0 N–H and O–H groups in total. The standard InChI is InChI=1S/C25H26F2N2O2S/c1-3-18-9-11-20(12-10-18)25(19-7-5-4-6-8-19)28-16-24(17-28)29(32(2,30)31)23-14-21(26)13-22(27)15-23/h4-15,24-25H,3,16-17H2,1-2H3/t25-/m1/s1. The maximum atomic E-state index is 13.8. The Morgan fingerprint density at radius 3 is 2.03 bits per heavy atom. The number of hydrogen-bond donors (Lipinski definition) is 0. The van der Waals surface area contributed by atoms with Gasteiger partial charge in [0.2, 0.25) is 10.0 Å². The van der Waals surface area contributed by atoms with Crippen LogP contribution >= 0.6 is 0 Å². The van der Waals surface area contributed by atoms with Crippen molar-refractivity contribution in [2.45, 2.75) is 25.4 Å². The van der Waals surface area contributed by atoms with E-state index in [1.54, 1.807) is 0 Å². The third kappa shape index (κ3) is 4.69. The van der Waals surface area contributed by atoms with Crippen LogP contribution in [0.5, 0.6) is 0 Å². The fraction of sp³-hybridized carbons (Fsp3) is 0.280. The largest absolute Gasteiger partial charge is 0.288 e. The third-order valence-electron chi connectivity index (χ3n) is 5.87. The fourth-order valence-corrected chi connectivity index (χ4v) is 5.53. The Labute approximate surface area is 188 Å². The summed E-state index contributed by atoms with van der Waals surface area (Å²) in [6.45, 7) is 3.00. The number of aryl methyl sites for hydroxylation is 1. The Hall–Kier alpha value is -2.77. The zero-order chi connectivity index (χ0) is 22.9. The number of anilines is 1. The Morgan fingerprint density at radius 1 is 0.938 bits per heavy atom. The molecule has 32 heavy (non-hydrogen) atoms. The molecule has 1 heterocycles. The average Bonchev–Trinajstić information content (AvgIpc) is 2.71. The minimum atomic E-state index is -3.73. The third-order valence-corrected chi connectivity index (χ3v) is 7.09. The molecule has 168 valence electrons. The molecule has 1 aliphatic rings. The van der Waals surface area contributed by atoms with Gasteiger partial charge in [-0.1, -0.05) is 61.5 Å². The minimum Gasteiger partial charge on any atom is -0.288 e. The van der Waals surface area contributed by atoms with Crippen molar-refractivity contribution in [3.63, 3.8) is 0 Å². The quantitative estimate of drug-likeness (QED) is 0.514. The van der Waals surface area contributed by atoms with Crippen LogP contribution in [0.3, 0.4) is 0 Å². The molecule has 0 spiro atoms. The van der Waals surface area contributed by atoms with Crippen LogP contribution in [0.1, 0.15) is 29.7 Å². The summed E-state index contributed by atoms with van der Waals surface area (Å²) in [4.78, 5) is 2.19. The van der Waals surface area contributed by atoms with Gasteiger partial charge in [-0.15, -0.1) is 0 Å². The van der Waals surface area contributed by atoms with E-state index in [0.717, 1.165) is 46.3 Å². The van der Waals surface area contributed by atoms with Crippen LogP contribution < -0.4 is 4.31 Å². The van der Waals surface area contributed by atoms with Crippen LogP contribution in [0.2, 0.25) is 0 Å². The van der Waals surface area contributed by atoms with Crippen molar-refractivity contribution in [2.24, 2.45) is 0 Å². The normalized spacial score (nSPS) is 15.9. The van der Waals surface area contributed by atoms with E-state index in [2.05, 4.69) is 48.2 Å². The van der Waals surface area contributed by atoms with E-state index in [-0.39, 0.29) is 11.7 Å². The van der Waals surface area contributed by atoms with Crippen LogP contribution in [0.4, 0.5) is 14.5 Å². The molecule has 4 nitrogen and oxygen atoms in total. The number of sulfonamides is 1. The van der Waals surface area contributed by atoms with Gasteiger partial charge >= 0.3 is 0 Å². The molecule has 0 amide bonds. The topological polar surface area (TPSA) is 40.6 Å². The van der Waals surface area contributed by atoms with Gasteiger partial charge in [-0.2, -0.15) is 0 Å². The van der Waals surface area contributed by atoms with E-state index >= 15 is 0 Å². The van der Waals surface area contributed by atoms with E-state index in [0.29, 0.717) is 13.1 Å². The minimum absolute atomic E-state index is 0.0122. The molecule has 0 aliphatic carbocycles. The molecule has 0 saturated carbocycles. The first-order valence-corrected chi connectivity index (χ1v) is 12.4. The molecule has 1 atom stereocenters. The lowest BCUT2D eigenvalue weighted by Crippen LogP contribution is -2.61. The highest BCUT2D eigenvalue weighted by molar-refractivity contribution is 7.92. The Morgan fingerprint density at radius 2 is 1.50 bits per heavy atom. The molecule has 3 aromatic carbocycles. The summed E-state index contributed by atoms with van der Waals surface area (Å²) in [6, 6.07) is 20.9. The fourth-order valence-electron chi connectivity index (χ4n) is 4.37. The highest BCUT2D eigenvalue weighted by Crippen LogP contribution is 2.36. The van der Waals surface area contributed by atoms with Crippen molar-refractivity contribution in [3.05, 3.63) is 101 Å². The Balaban J connectivity index is 1.63. The Bertz CT molecular complexity index is 1160. The van der Waals surface area contributed by atoms with E-state index < -0.39 is 27.7 Å². The lowest BCUT2D eigenvalue weighted by molar-refractivity contribution is 0.116. The van der Waals surface area contributed by atoms with Gasteiger partial charge in [0.05, 0.1) is 24.0 Å². The number of halogens is 2. The van der Waals surface area contributed by atoms with Gasteiger partial charge in [-0.05, 0) is 35.2 Å². The highest BCUT2D eigenvalue weighted by atomic mass is 32.2. The van der Waals surface area contributed by atoms with Crippen LogP contribution in [0.25, 0.3) is 0 Å². The van der Waals surface area contributed by atoms with Crippen LogP contribution in [0.15, 0.2) is 72.8 Å². The monoisotopic (exact) mass is 456 g/mol. The molecule has 1 saturated heterocycles. The highest BCUT2D eigenvalue weighted by Gasteiger charge is 2.40. The predicted octanol–water partition coefficient (Wildman–Crippen LogP) is 4.77. The van der Waals surface area contributed by atoms with Crippen molar-refractivity contribution in [1.82, 2.24) is 4.90 Å². The molecule has 4 rings (SSSR count). The molecule has 0 bridgehead atoms. The number of likely N-dealkylation sites (tertiary alicyclic amines) is 1. The van der Waals surface area contributed by atoms with E-state index in [1.807, 2.05) is 18.2 Å². The number of hydrogen-bond acceptors (Lipinski definition) is 3. The number of rotatable bonds is 7. The van der Waals surface area contributed by atoms with E-state index in [4.69, 9.17) is 0 Å². The van der Waals surface area contributed by atoms with Crippen molar-refractivity contribution >= 4 is 15.7 Å². The lowest BCUT2D eigenvalue weighted by Gasteiger charge is -2.48. The first kappa shape index (κ1) is 22.4. The van der Waals surface area contributed by atoms with Gasteiger partial charge in [0.1, 0.15) is 11.6 Å². The summed E-state index contributed by atoms with van der Waals surface area (Å²) in [6.07, 6.45) is 2.02. The van der Waals surface area contributed by atoms with Crippen molar-refractivity contribution < 1.29 is 17.2 Å².